The molecule has 162 valence electrons. The SMILES string of the molecule is B=C[C@@H]1CC(O)[C@H](CCCCCCCO)[C@H]1/C=C/[C@@H](O)CCc1cc(Br)c(C)s1. The van der Waals surface area contributed by atoms with Crippen LogP contribution in [-0.4, -0.2) is 47.6 Å². The van der Waals surface area contributed by atoms with Gasteiger partial charge in [0.25, 0.3) is 0 Å². The number of aryl methyl sites for hydroxylation is 2. The van der Waals surface area contributed by atoms with Crippen molar-refractivity contribution in [2.24, 2.45) is 17.8 Å². The molecule has 0 aromatic carbocycles. The van der Waals surface area contributed by atoms with Crippen LogP contribution in [0.5, 0.6) is 0 Å². The van der Waals surface area contributed by atoms with Crippen molar-refractivity contribution in [2.45, 2.75) is 76.9 Å². The average Bonchev–Trinajstić information content (AvgIpc) is 3.19. The molecular formula is C23H36BBrO3S. The summed E-state index contributed by atoms with van der Waals surface area (Å²) < 4.78 is 1.15. The Kier molecular flexibility index (Phi) is 11.4. The molecule has 1 unspecified atom stereocenters. The first-order valence-electron chi connectivity index (χ1n) is 11.0. The van der Waals surface area contributed by atoms with Crippen LogP contribution in [0.25, 0.3) is 0 Å². The summed E-state index contributed by atoms with van der Waals surface area (Å²) in [5, 5.41) is 29.9. The Morgan fingerprint density at radius 2 is 2.00 bits per heavy atom. The summed E-state index contributed by atoms with van der Waals surface area (Å²) in [6.07, 6.45) is 12.1. The number of rotatable bonds is 13. The van der Waals surface area contributed by atoms with Crippen molar-refractivity contribution in [1.29, 1.82) is 0 Å². The van der Waals surface area contributed by atoms with Crippen LogP contribution in [0.15, 0.2) is 22.7 Å². The first-order chi connectivity index (χ1) is 14.0. The fourth-order valence-electron chi connectivity index (χ4n) is 4.41. The molecule has 6 heteroatoms. The van der Waals surface area contributed by atoms with Gasteiger partial charge in [-0.2, -0.15) is 0 Å². The first-order valence-corrected chi connectivity index (χ1v) is 12.6. The fourth-order valence-corrected chi connectivity index (χ4v) is 6.03. The third kappa shape index (κ3) is 8.06. The van der Waals surface area contributed by atoms with Gasteiger partial charge in [-0.05, 0) is 0 Å². The van der Waals surface area contributed by atoms with Crippen molar-refractivity contribution < 1.29 is 15.3 Å². The van der Waals surface area contributed by atoms with E-state index in [1.807, 2.05) is 12.0 Å². The van der Waals surface area contributed by atoms with E-state index in [1.165, 1.54) is 9.75 Å². The van der Waals surface area contributed by atoms with Gasteiger partial charge in [-0.15, -0.1) is 0 Å². The molecule has 2 rings (SSSR count). The summed E-state index contributed by atoms with van der Waals surface area (Å²) in [6.45, 7) is 2.38. The van der Waals surface area contributed by atoms with Crippen molar-refractivity contribution in [3.63, 3.8) is 0 Å². The summed E-state index contributed by atoms with van der Waals surface area (Å²) in [5.74, 6) is 2.75. The van der Waals surface area contributed by atoms with Gasteiger partial charge in [0.2, 0.25) is 0 Å². The minimum absolute atomic E-state index is 0.246. The maximum absolute atomic E-state index is 10.6. The summed E-state index contributed by atoms with van der Waals surface area (Å²) >= 11 is 5.33. The summed E-state index contributed by atoms with van der Waals surface area (Å²) in [6, 6.07) is 2.15. The quantitative estimate of drug-likeness (QED) is 0.223. The number of aliphatic hydroxyl groups excluding tert-OH is 3. The second kappa shape index (κ2) is 13.2. The Morgan fingerprint density at radius 1 is 1.28 bits per heavy atom. The third-order valence-corrected chi connectivity index (χ3v) is 8.34. The summed E-state index contributed by atoms with van der Waals surface area (Å²) in [4.78, 5) is 2.57. The van der Waals surface area contributed by atoms with Gasteiger partial charge in [-0.25, -0.2) is 0 Å². The van der Waals surface area contributed by atoms with Crippen molar-refractivity contribution in [3.8, 4) is 0 Å². The van der Waals surface area contributed by atoms with E-state index < -0.39 is 6.10 Å². The van der Waals surface area contributed by atoms with Crippen molar-refractivity contribution in [3.05, 3.63) is 32.4 Å². The number of thiophene rings is 1. The van der Waals surface area contributed by atoms with E-state index >= 15 is 0 Å². The van der Waals surface area contributed by atoms with Gasteiger partial charge in [0.1, 0.15) is 0 Å². The molecule has 0 amide bonds. The van der Waals surface area contributed by atoms with Crippen molar-refractivity contribution >= 4 is 40.7 Å². The predicted octanol–water partition coefficient (Wildman–Crippen LogP) is 4.32. The Bertz CT molecular complexity index is 629. The van der Waals surface area contributed by atoms with Crippen molar-refractivity contribution in [1.82, 2.24) is 0 Å². The van der Waals surface area contributed by atoms with Gasteiger partial charge in [0, 0.05) is 0 Å². The van der Waals surface area contributed by atoms with Crippen LogP contribution in [0.2, 0.25) is 0 Å². The van der Waals surface area contributed by atoms with E-state index in [1.54, 1.807) is 11.3 Å². The fraction of sp³-hybridized carbons (Fsp3) is 0.696. The third-order valence-electron chi connectivity index (χ3n) is 6.15. The molecule has 5 atom stereocenters. The Hall–Kier alpha value is -0.265. The monoisotopic (exact) mass is 482 g/mol. The van der Waals surface area contributed by atoms with E-state index in [0.29, 0.717) is 6.42 Å². The van der Waals surface area contributed by atoms with Crippen LogP contribution in [0.1, 0.15) is 61.1 Å². The molecule has 0 radical (unpaired) electrons. The van der Waals surface area contributed by atoms with Gasteiger partial charge in [0.05, 0.1) is 0 Å². The molecule has 0 aliphatic heterocycles. The number of hydrogen-bond donors (Lipinski definition) is 3. The molecule has 3 N–H and O–H groups in total. The van der Waals surface area contributed by atoms with E-state index in [2.05, 4.69) is 42.5 Å². The van der Waals surface area contributed by atoms with Gasteiger partial charge < -0.3 is 0 Å². The normalized spacial score (nSPS) is 25.7. The zero-order valence-corrected chi connectivity index (χ0v) is 20.0. The average molecular weight is 483 g/mol. The number of unbranched alkanes of at least 4 members (excludes halogenated alkanes) is 4. The number of aliphatic hydroxyl groups is 3. The summed E-state index contributed by atoms with van der Waals surface area (Å²) in [5.41, 5.74) is 0. The molecule has 1 aromatic rings. The van der Waals surface area contributed by atoms with Crippen LogP contribution in [0.4, 0.5) is 0 Å². The summed E-state index contributed by atoms with van der Waals surface area (Å²) in [7, 11) is 3.97. The van der Waals surface area contributed by atoms with Crippen LogP contribution in [0.3, 0.4) is 0 Å². The van der Waals surface area contributed by atoms with Gasteiger partial charge >= 0.3 is 190 Å². The molecule has 1 heterocycles. The zero-order chi connectivity index (χ0) is 21.2. The number of hydrogen-bond acceptors (Lipinski definition) is 4. The molecule has 1 saturated carbocycles. The molecule has 1 aliphatic rings. The van der Waals surface area contributed by atoms with E-state index in [0.717, 1.165) is 55.8 Å². The first kappa shape index (κ1) is 25.0. The Labute approximate surface area is 189 Å². The van der Waals surface area contributed by atoms with Crippen LogP contribution < -0.4 is 0 Å². The molecule has 1 aromatic heterocycles. The van der Waals surface area contributed by atoms with Crippen LogP contribution >= 0.6 is 27.3 Å². The Morgan fingerprint density at radius 3 is 2.66 bits per heavy atom. The second-order valence-corrected chi connectivity index (χ2v) is 10.5. The zero-order valence-electron chi connectivity index (χ0n) is 17.6. The molecule has 1 aliphatic carbocycles. The van der Waals surface area contributed by atoms with Crippen molar-refractivity contribution in [2.75, 3.05) is 6.61 Å². The molecule has 29 heavy (non-hydrogen) atoms. The molecule has 0 bridgehead atoms. The van der Waals surface area contributed by atoms with Crippen LogP contribution in [-0.2, 0) is 6.42 Å². The van der Waals surface area contributed by atoms with E-state index in [4.69, 9.17) is 5.11 Å². The predicted molar refractivity (Wildman–Crippen MR) is 129 cm³/mol. The minimum atomic E-state index is -0.460. The Balaban J connectivity index is 1.85. The maximum atomic E-state index is 10.6. The van der Waals surface area contributed by atoms with Gasteiger partial charge in [-0.3, -0.25) is 0 Å². The molecule has 0 saturated heterocycles. The van der Waals surface area contributed by atoms with E-state index in [9.17, 15) is 10.2 Å². The van der Waals surface area contributed by atoms with Gasteiger partial charge in [0.15, 0.2) is 0 Å². The van der Waals surface area contributed by atoms with E-state index in [-0.39, 0.29) is 30.5 Å². The van der Waals surface area contributed by atoms with Crippen LogP contribution in [0, 0.1) is 24.7 Å². The molecule has 3 nitrogen and oxygen atoms in total. The number of allylic oxidation sites excluding steroid dienone is 1. The molecule has 0 spiro atoms. The standard InChI is InChI=1S/C23H36BBrO3S/c1-16-22(25)14-19(29-16)10-8-18(27)9-11-20-17(15-24)13-23(28)21(20)7-5-3-2-4-6-12-26/h9,11,14-15,17-18,20-21,23-24,26-28H,2-8,10,12-13H2,1H3/b11-9+/t17-,18-,20-,21+,23?/m0/s1. The molecular weight excluding hydrogens is 447 g/mol. The number of halogens is 1. The topological polar surface area (TPSA) is 60.7 Å². The van der Waals surface area contributed by atoms with Gasteiger partial charge in [-0.1, -0.05) is 0 Å². The second-order valence-electron chi connectivity index (χ2n) is 8.33. The molecule has 1 fully saturated rings.